The van der Waals surface area contributed by atoms with Gasteiger partial charge < -0.3 is 16.2 Å². The van der Waals surface area contributed by atoms with Crippen LogP contribution in [-0.4, -0.2) is 39.3 Å². The topological polar surface area (TPSA) is 110 Å². The molecule has 1 aromatic heterocycles. The zero-order valence-corrected chi connectivity index (χ0v) is 13.1. The van der Waals surface area contributed by atoms with Crippen molar-refractivity contribution in [2.45, 2.75) is 51.8 Å². The molecule has 1 heterocycles. The van der Waals surface area contributed by atoms with E-state index in [1.807, 2.05) is 13.0 Å². The first-order chi connectivity index (χ1) is 10.4. The van der Waals surface area contributed by atoms with Crippen molar-refractivity contribution >= 4 is 5.91 Å². The Morgan fingerprint density at radius 3 is 2.86 bits per heavy atom. The third kappa shape index (κ3) is 3.92. The fraction of sp³-hybridized carbons (Fsp3) is 0.667. The second-order valence-electron chi connectivity index (χ2n) is 6.01. The predicted molar refractivity (Wildman–Crippen MR) is 82.3 cm³/mol. The van der Waals surface area contributed by atoms with Crippen LogP contribution in [0, 0.1) is 19.8 Å². The molecule has 1 aromatic rings. The summed E-state index contributed by atoms with van der Waals surface area (Å²) in [6.45, 7) is 4.39. The van der Waals surface area contributed by atoms with E-state index in [-0.39, 0.29) is 23.6 Å². The van der Waals surface area contributed by atoms with Gasteiger partial charge in [0.1, 0.15) is 0 Å². The Morgan fingerprint density at radius 2 is 2.23 bits per heavy atom. The van der Waals surface area contributed by atoms with Gasteiger partial charge in [0.15, 0.2) is 0 Å². The van der Waals surface area contributed by atoms with Gasteiger partial charge in [-0.2, -0.15) is 4.98 Å². The van der Waals surface area contributed by atoms with Crippen LogP contribution in [0.3, 0.4) is 0 Å². The number of rotatable bonds is 4. The summed E-state index contributed by atoms with van der Waals surface area (Å²) in [5, 5.41) is 12.4. The first-order valence-corrected chi connectivity index (χ1v) is 7.65. The highest BCUT2D eigenvalue weighted by molar-refractivity contribution is 5.78. The van der Waals surface area contributed by atoms with Crippen LogP contribution in [0.15, 0.2) is 10.9 Å². The van der Waals surface area contributed by atoms with E-state index in [4.69, 9.17) is 5.73 Å². The molecular weight excluding hydrogens is 284 g/mol. The minimum atomic E-state index is -0.510. The van der Waals surface area contributed by atoms with Crippen molar-refractivity contribution in [2.75, 3.05) is 6.54 Å². The number of nitrogens with zero attached hydrogens (tertiary/aromatic N) is 2. The summed E-state index contributed by atoms with van der Waals surface area (Å²) in [5.74, 6) is -0.222. The molecule has 0 aromatic carbocycles. The lowest BCUT2D eigenvalue weighted by Crippen LogP contribution is -2.45. The van der Waals surface area contributed by atoms with Gasteiger partial charge in [-0.1, -0.05) is 0 Å². The van der Waals surface area contributed by atoms with Crippen LogP contribution < -0.4 is 16.7 Å². The second kappa shape index (κ2) is 7.02. The lowest BCUT2D eigenvalue weighted by Gasteiger charge is -2.30. The Bertz CT molecular complexity index is 599. The number of nitrogens with two attached hydrogens (primary N) is 1. The summed E-state index contributed by atoms with van der Waals surface area (Å²) < 4.78 is 1.55. The van der Waals surface area contributed by atoms with Gasteiger partial charge in [0.25, 0.3) is 0 Å². The predicted octanol–water partition coefficient (Wildman–Crippen LogP) is -0.535. The second-order valence-corrected chi connectivity index (χ2v) is 6.01. The smallest absolute Gasteiger partial charge is 0.348 e. The van der Waals surface area contributed by atoms with Crippen molar-refractivity contribution in [3.63, 3.8) is 0 Å². The third-order valence-electron chi connectivity index (χ3n) is 4.21. The summed E-state index contributed by atoms with van der Waals surface area (Å²) in [6, 6.07) is 1.50. The molecule has 0 saturated heterocycles. The molecular formula is C15H24N4O3. The summed E-state index contributed by atoms with van der Waals surface area (Å²) in [6.07, 6.45) is 1.19. The molecule has 0 radical (unpaired) electrons. The zero-order valence-electron chi connectivity index (χ0n) is 13.1. The Labute approximate surface area is 129 Å². The molecule has 0 aliphatic heterocycles. The first-order valence-electron chi connectivity index (χ1n) is 7.65. The highest BCUT2D eigenvalue weighted by Crippen LogP contribution is 2.23. The molecule has 1 fully saturated rings. The van der Waals surface area contributed by atoms with Gasteiger partial charge in [-0.3, -0.25) is 9.36 Å². The standard InChI is InChI=1S/C15H24N4O3/c1-9-7-10(2)19(15(22)18-9)6-5-17-14(21)11-3-4-13(20)12(16)8-11/h7,11-13,20H,3-6,8,16H2,1-2H3,(H,17,21)/t11-,12+,13+/m0/s1. The molecule has 0 bridgehead atoms. The van der Waals surface area contributed by atoms with E-state index in [1.165, 1.54) is 0 Å². The number of amides is 1. The zero-order chi connectivity index (χ0) is 16.3. The Kier molecular flexibility index (Phi) is 5.31. The lowest BCUT2D eigenvalue weighted by atomic mass is 9.84. The minimum absolute atomic E-state index is 0.0619. The van der Waals surface area contributed by atoms with Crippen molar-refractivity contribution in [1.29, 1.82) is 0 Å². The van der Waals surface area contributed by atoms with E-state index in [0.29, 0.717) is 38.0 Å². The summed E-state index contributed by atoms with van der Waals surface area (Å²) in [5.41, 5.74) is 7.02. The van der Waals surface area contributed by atoms with Crippen molar-refractivity contribution in [3.8, 4) is 0 Å². The number of aliphatic hydroxyl groups excluding tert-OH is 1. The molecule has 2 rings (SSSR count). The number of aryl methyl sites for hydroxylation is 2. The average Bonchev–Trinajstić information content (AvgIpc) is 2.44. The van der Waals surface area contributed by atoms with Crippen molar-refractivity contribution in [2.24, 2.45) is 11.7 Å². The molecule has 22 heavy (non-hydrogen) atoms. The largest absolute Gasteiger partial charge is 0.392 e. The SMILES string of the molecule is Cc1cc(C)n(CCNC(=O)[C@H]2CC[C@@H](O)[C@H](N)C2)c(=O)n1. The van der Waals surface area contributed by atoms with E-state index >= 15 is 0 Å². The lowest BCUT2D eigenvalue weighted by molar-refractivity contribution is -0.126. The molecule has 3 atom stereocenters. The maximum atomic E-state index is 12.1. The Hall–Kier alpha value is -1.73. The van der Waals surface area contributed by atoms with E-state index in [0.717, 1.165) is 5.69 Å². The number of carbonyl (C=O) groups is 1. The number of hydrogen-bond acceptors (Lipinski definition) is 5. The van der Waals surface area contributed by atoms with Gasteiger partial charge in [-0.05, 0) is 39.2 Å². The van der Waals surface area contributed by atoms with Gasteiger partial charge in [0.2, 0.25) is 5.91 Å². The van der Waals surface area contributed by atoms with E-state index in [1.54, 1.807) is 11.5 Å². The monoisotopic (exact) mass is 308 g/mol. The van der Waals surface area contributed by atoms with Gasteiger partial charge in [-0.15, -0.1) is 0 Å². The average molecular weight is 308 g/mol. The third-order valence-corrected chi connectivity index (χ3v) is 4.21. The molecule has 0 spiro atoms. The molecule has 0 unspecified atom stereocenters. The number of aliphatic hydroxyl groups is 1. The van der Waals surface area contributed by atoms with Crippen LogP contribution in [0.5, 0.6) is 0 Å². The quantitative estimate of drug-likeness (QED) is 0.692. The minimum Gasteiger partial charge on any atom is -0.392 e. The van der Waals surface area contributed by atoms with E-state index in [9.17, 15) is 14.7 Å². The molecule has 7 nitrogen and oxygen atoms in total. The van der Waals surface area contributed by atoms with Gasteiger partial charge in [0.05, 0.1) is 6.10 Å². The molecule has 1 aliphatic carbocycles. The van der Waals surface area contributed by atoms with Crippen LogP contribution in [0.1, 0.15) is 30.7 Å². The highest BCUT2D eigenvalue weighted by atomic mass is 16.3. The maximum Gasteiger partial charge on any atom is 0.348 e. The van der Waals surface area contributed by atoms with Gasteiger partial charge >= 0.3 is 5.69 Å². The van der Waals surface area contributed by atoms with E-state index in [2.05, 4.69) is 10.3 Å². The van der Waals surface area contributed by atoms with Gasteiger partial charge in [-0.25, -0.2) is 4.79 Å². The maximum absolute atomic E-state index is 12.1. The molecule has 1 amide bonds. The molecule has 1 saturated carbocycles. The number of aromatic nitrogens is 2. The van der Waals surface area contributed by atoms with Crippen LogP contribution >= 0.6 is 0 Å². The van der Waals surface area contributed by atoms with Crippen LogP contribution in [-0.2, 0) is 11.3 Å². The fourth-order valence-electron chi connectivity index (χ4n) is 2.91. The molecule has 4 N–H and O–H groups in total. The van der Waals surface area contributed by atoms with Crippen molar-refractivity contribution < 1.29 is 9.90 Å². The first kappa shape index (κ1) is 16.6. The number of nitrogens with one attached hydrogen (secondary N) is 1. The molecule has 122 valence electrons. The number of carbonyl (C=O) groups excluding carboxylic acids is 1. The normalized spacial score (nSPS) is 25.0. The number of hydrogen-bond donors (Lipinski definition) is 3. The fourth-order valence-corrected chi connectivity index (χ4v) is 2.91. The summed E-state index contributed by atoms with van der Waals surface area (Å²) >= 11 is 0. The van der Waals surface area contributed by atoms with Crippen molar-refractivity contribution in [3.05, 3.63) is 27.9 Å². The summed E-state index contributed by atoms with van der Waals surface area (Å²) in [4.78, 5) is 27.8. The Morgan fingerprint density at radius 1 is 1.50 bits per heavy atom. The Balaban J connectivity index is 1.86. The van der Waals surface area contributed by atoms with Crippen LogP contribution in [0.25, 0.3) is 0 Å². The van der Waals surface area contributed by atoms with Crippen LogP contribution in [0.2, 0.25) is 0 Å². The highest BCUT2D eigenvalue weighted by Gasteiger charge is 2.30. The van der Waals surface area contributed by atoms with E-state index < -0.39 is 6.10 Å². The van der Waals surface area contributed by atoms with Gasteiger partial charge in [0, 0.05) is 36.4 Å². The molecule has 1 aliphatic rings. The van der Waals surface area contributed by atoms with Crippen LogP contribution in [0.4, 0.5) is 0 Å². The van der Waals surface area contributed by atoms with Crippen molar-refractivity contribution in [1.82, 2.24) is 14.9 Å². The summed E-state index contributed by atoms with van der Waals surface area (Å²) in [7, 11) is 0. The molecule has 7 heteroatoms.